The summed E-state index contributed by atoms with van der Waals surface area (Å²) in [5.41, 5.74) is 4.24. The topological polar surface area (TPSA) is 165 Å². The number of imide groups is 2. The van der Waals surface area contributed by atoms with Gasteiger partial charge in [-0.3, -0.25) is 34.3 Å². The smallest absolute Gasteiger partial charge is 0.262 e. The van der Waals surface area contributed by atoms with Crippen molar-refractivity contribution >= 4 is 58.5 Å². The number of benzene rings is 3. The fraction of sp³-hybridized carbons (Fsp3) is 0.471. The number of nitriles is 1. The number of hydrogen-bond acceptors (Lipinski definition) is 13. The molecule has 1 unspecified atom stereocenters. The zero-order valence-electron chi connectivity index (χ0n) is 38.6. The Morgan fingerprint density at radius 1 is 0.809 bits per heavy atom. The van der Waals surface area contributed by atoms with Crippen LogP contribution in [0.25, 0.3) is 0 Å². The van der Waals surface area contributed by atoms with Gasteiger partial charge in [0.2, 0.25) is 17.8 Å². The number of nitrogens with zero attached hydrogens (tertiary/aromatic N) is 8. The SMILES string of the molecule is CC(C)(c1ccc(OCc2ccnc(N3CCN(C4CCN(CC5CCN(c6ccc7c(c6)C(=O)N(C6CCC(=O)NC6=O)C7=O)CC5)CC4)CC3)n2)cc1)c1cc(Cl)c(OCCCl)c(C#N)c1. The highest BCUT2D eigenvalue weighted by Crippen LogP contribution is 2.39. The molecular formula is C51H57Cl2N9O6. The zero-order chi connectivity index (χ0) is 47.5. The molecule has 9 rings (SSSR count). The lowest BCUT2D eigenvalue weighted by Crippen LogP contribution is -2.54. The van der Waals surface area contributed by atoms with Crippen LogP contribution in [0.1, 0.15) is 95.5 Å². The van der Waals surface area contributed by atoms with Gasteiger partial charge in [0.05, 0.1) is 33.3 Å². The highest BCUT2D eigenvalue weighted by Gasteiger charge is 2.45. The van der Waals surface area contributed by atoms with E-state index in [1.54, 1.807) is 12.1 Å². The fourth-order valence-electron chi connectivity index (χ4n) is 10.4. The molecule has 4 saturated heterocycles. The quantitative estimate of drug-likeness (QED) is 0.109. The number of likely N-dealkylation sites (tertiary alicyclic amines) is 1. The highest BCUT2D eigenvalue weighted by molar-refractivity contribution is 6.32. The van der Waals surface area contributed by atoms with E-state index in [-0.39, 0.29) is 25.4 Å². The van der Waals surface area contributed by atoms with Crippen LogP contribution in [0, 0.1) is 17.2 Å². The molecule has 0 saturated carbocycles. The van der Waals surface area contributed by atoms with Crippen molar-refractivity contribution in [3.63, 3.8) is 0 Å². The first-order valence-electron chi connectivity index (χ1n) is 23.7. The molecule has 5 aliphatic heterocycles. The monoisotopic (exact) mass is 961 g/mol. The number of piperidine rings is 3. The van der Waals surface area contributed by atoms with Gasteiger partial charge in [0.1, 0.15) is 31.1 Å². The molecule has 6 heterocycles. The van der Waals surface area contributed by atoms with Crippen LogP contribution >= 0.6 is 23.2 Å². The van der Waals surface area contributed by atoms with Crippen molar-refractivity contribution in [3.05, 3.63) is 105 Å². The second-order valence-electron chi connectivity index (χ2n) is 18.9. The summed E-state index contributed by atoms with van der Waals surface area (Å²) in [5.74, 6) is 0.782. The van der Waals surface area contributed by atoms with Crippen molar-refractivity contribution in [2.45, 2.75) is 76.5 Å². The van der Waals surface area contributed by atoms with Gasteiger partial charge in [-0.1, -0.05) is 37.6 Å². The second kappa shape index (κ2) is 20.4. The molecule has 0 radical (unpaired) electrons. The molecule has 17 heteroatoms. The predicted molar refractivity (Wildman–Crippen MR) is 259 cm³/mol. The number of anilines is 2. The maximum absolute atomic E-state index is 13.4. The van der Waals surface area contributed by atoms with Crippen LogP contribution in [-0.4, -0.2) is 132 Å². The number of aromatic nitrogens is 2. The minimum atomic E-state index is -0.965. The first-order valence-corrected chi connectivity index (χ1v) is 24.6. The average Bonchev–Trinajstić information content (AvgIpc) is 3.60. The van der Waals surface area contributed by atoms with Crippen LogP contribution in [0.3, 0.4) is 0 Å². The number of ether oxygens (including phenoxy) is 2. The van der Waals surface area contributed by atoms with Crippen LogP contribution in [0.5, 0.6) is 11.5 Å². The number of carbonyl (C=O) groups is 4. The standard InChI is InChI=1S/C51H57Cl2N9O6/c1-51(2,36-27-34(30-54)46(43(53)28-36)67-26-16-52)35-3-6-40(7-4-35)68-32-37-11-17-55-50(56-37)61-24-22-60(23-25-61)38-14-18-58(19-15-38)31-33-12-20-59(21-13-33)39-5-8-41-42(29-39)49(66)62(48(41)65)44-9-10-45(63)57-47(44)64/h3-8,11,17,27-29,33,38,44H,9-10,12-16,18-26,31-32H2,1-2H3,(H,57,63,64). The van der Waals surface area contributed by atoms with E-state index in [1.807, 2.05) is 54.7 Å². The minimum Gasteiger partial charge on any atom is -0.489 e. The van der Waals surface area contributed by atoms with Crippen molar-refractivity contribution in [3.8, 4) is 17.6 Å². The maximum atomic E-state index is 13.4. The largest absolute Gasteiger partial charge is 0.489 e. The van der Waals surface area contributed by atoms with Gasteiger partial charge in [-0.25, -0.2) is 9.97 Å². The number of rotatable bonds is 14. The number of nitrogens with one attached hydrogen (secondary N) is 1. The Morgan fingerprint density at radius 3 is 2.25 bits per heavy atom. The number of amides is 4. The lowest BCUT2D eigenvalue weighted by atomic mass is 9.77. The van der Waals surface area contributed by atoms with Crippen molar-refractivity contribution in [1.29, 1.82) is 5.26 Å². The normalized spacial score (nSPS) is 20.1. The summed E-state index contributed by atoms with van der Waals surface area (Å²) in [6.45, 7) is 13.5. The first kappa shape index (κ1) is 47.3. The Labute approximate surface area is 407 Å². The molecular weight excluding hydrogens is 906 g/mol. The molecule has 356 valence electrons. The first-order chi connectivity index (χ1) is 32.9. The average molecular weight is 963 g/mol. The van der Waals surface area contributed by atoms with Crippen molar-refractivity contribution in [2.24, 2.45) is 5.92 Å². The second-order valence-corrected chi connectivity index (χ2v) is 19.7. The molecule has 1 N–H and O–H groups in total. The molecule has 0 aliphatic carbocycles. The van der Waals surface area contributed by atoms with E-state index >= 15 is 0 Å². The van der Waals surface area contributed by atoms with Gasteiger partial charge in [-0.15, -0.1) is 11.6 Å². The Hall–Kier alpha value is -5.79. The molecule has 0 bridgehead atoms. The van der Waals surface area contributed by atoms with Gasteiger partial charge in [-0.05, 0) is 111 Å². The van der Waals surface area contributed by atoms with Gasteiger partial charge in [0.25, 0.3) is 11.8 Å². The number of fused-ring (bicyclic) bond motifs is 1. The lowest BCUT2D eigenvalue weighted by Gasteiger charge is -2.43. The predicted octanol–water partition coefficient (Wildman–Crippen LogP) is 6.43. The summed E-state index contributed by atoms with van der Waals surface area (Å²) in [5, 5.41) is 12.4. The number of piperazine rings is 1. The molecule has 4 amide bonds. The number of halogens is 2. The van der Waals surface area contributed by atoms with Gasteiger partial charge in [0, 0.05) is 75.6 Å². The molecule has 1 aromatic heterocycles. The Kier molecular flexibility index (Phi) is 14.2. The van der Waals surface area contributed by atoms with Crippen LogP contribution in [-0.2, 0) is 21.6 Å². The minimum absolute atomic E-state index is 0.0986. The van der Waals surface area contributed by atoms with Crippen LogP contribution < -0.4 is 24.6 Å². The third kappa shape index (κ3) is 10.0. The summed E-state index contributed by atoms with van der Waals surface area (Å²) in [7, 11) is 0. The third-order valence-electron chi connectivity index (χ3n) is 14.5. The third-order valence-corrected chi connectivity index (χ3v) is 14.9. The van der Waals surface area contributed by atoms with Crippen molar-refractivity contribution in [1.82, 2.24) is 30.0 Å². The molecule has 4 aromatic rings. The molecule has 4 fully saturated rings. The molecule has 1 atom stereocenters. The van der Waals surface area contributed by atoms with E-state index in [9.17, 15) is 24.4 Å². The lowest BCUT2D eigenvalue weighted by molar-refractivity contribution is -0.136. The molecule has 3 aromatic carbocycles. The Balaban J connectivity index is 0.699. The number of hydrogen-bond donors (Lipinski definition) is 1. The van der Waals surface area contributed by atoms with Gasteiger partial charge >= 0.3 is 0 Å². The van der Waals surface area contributed by atoms with Crippen LogP contribution in [0.4, 0.5) is 11.6 Å². The van der Waals surface area contributed by atoms with E-state index in [1.165, 1.54) is 0 Å². The summed E-state index contributed by atoms with van der Waals surface area (Å²) >= 11 is 12.4. The molecule has 68 heavy (non-hydrogen) atoms. The van der Waals surface area contributed by atoms with E-state index in [4.69, 9.17) is 37.7 Å². The summed E-state index contributed by atoms with van der Waals surface area (Å²) in [6.07, 6.45) is 6.49. The molecule has 15 nitrogen and oxygen atoms in total. The van der Waals surface area contributed by atoms with Gasteiger partial charge < -0.3 is 24.2 Å². The van der Waals surface area contributed by atoms with Crippen molar-refractivity contribution in [2.75, 3.05) is 81.2 Å². The maximum Gasteiger partial charge on any atom is 0.262 e. The van der Waals surface area contributed by atoms with Crippen LogP contribution in [0.15, 0.2) is 66.9 Å². The Morgan fingerprint density at radius 2 is 1.54 bits per heavy atom. The van der Waals surface area contributed by atoms with E-state index < -0.39 is 29.2 Å². The summed E-state index contributed by atoms with van der Waals surface area (Å²) in [6, 6.07) is 20.8. The zero-order valence-corrected chi connectivity index (χ0v) is 40.1. The summed E-state index contributed by atoms with van der Waals surface area (Å²) < 4.78 is 11.8. The fourth-order valence-corrected chi connectivity index (χ4v) is 10.7. The Bertz CT molecular complexity index is 2580. The molecule has 5 aliphatic rings. The summed E-state index contributed by atoms with van der Waals surface area (Å²) in [4.78, 5) is 71.1. The highest BCUT2D eigenvalue weighted by atomic mass is 35.5. The van der Waals surface area contributed by atoms with Crippen LogP contribution in [0.2, 0.25) is 5.02 Å². The van der Waals surface area contributed by atoms with E-state index in [0.29, 0.717) is 51.9 Å². The number of alkyl halides is 1. The number of carbonyl (C=O) groups excluding carboxylic acids is 4. The van der Waals surface area contributed by atoms with Gasteiger partial charge in [-0.2, -0.15) is 5.26 Å². The van der Waals surface area contributed by atoms with Gasteiger partial charge in [0.15, 0.2) is 5.75 Å². The molecule has 0 spiro atoms. The van der Waals surface area contributed by atoms with E-state index in [2.05, 4.69) is 49.8 Å². The van der Waals surface area contributed by atoms with E-state index in [0.717, 1.165) is 124 Å². The van der Waals surface area contributed by atoms with Crippen molar-refractivity contribution < 1.29 is 28.7 Å².